The summed E-state index contributed by atoms with van der Waals surface area (Å²) in [5, 5.41) is 0.0905. The predicted molar refractivity (Wildman–Crippen MR) is 139 cm³/mol. The molecule has 0 atom stereocenters. The highest BCUT2D eigenvalue weighted by molar-refractivity contribution is 7.80. The first kappa shape index (κ1) is 23.8. The van der Waals surface area contributed by atoms with E-state index in [1.165, 1.54) is 17.2 Å². The van der Waals surface area contributed by atoms with Crippen LogP contribution in [0.2, 0.25) is 0 Å². The van der Waals surface area contributed by atoms with Crippen molar-refractivity contribution in [1.82, 2.24) is 14.8 Å². The van der Waals surface area contributed by atoms with E-state index < -0.39 is 17.5 Å². The van der Waals surface area contributed by atoms with Gasteiger partial charge < -0.3 is 14.8 Å². The van der Waals surface area contributed by atoms with E-state index in [-0.39, 0.29) is 29.9 Å². The molecule has 6 nitrogen and oxygen atoms in total. The summed E-state index contributed by atoms with van der Waals surface area (Å²) in [5.41, 5.74) is 3.54. The van der Waals surface area contributed by atoms with Crippen LogP contribution in [0.25, 0.3) is 22.0 Å². The van der Waals surface area contributed by atoms with Crippen molar-refractivity contribution in [3.05, 3.63) is 89.4 Å². The molecular formula is C28H24FN3O3S. The van der Waals surface area contributed by atoms with Crippen LogP contribution in [0.15, 0.2) is 71.8 Å². The van der Waals surface area contributed by atoms with Crippen LogP contribution in [0.4, 0.5) is 4.39 Å². The molecular weight excluding hydrogens is 477 g/mol. The van der Waals surface area contributed by atoms with E-state index in [2.05, 4.69) is 17.6 Å². The summed E-state index contributed by atoms with van der Waals surface area (Å²) in [6.45, 7) is 3.02. The van der Waals surface area contributed by atoms with Crippen LogP contribution >= 0.6 is 12.6 Å². The Morgan fingerprint density at radius 1 is 0.861 bits per heavy atom. The average Bonchev–Trinajstić information content (AvgIpc) is 3.36. The third kappa shape index (κ3) is 4.18. The van der Waals surface area contributed by atoms with Gasteiger partial charge in [0.25, 0.3) is 17.6 Å². The van der Waals surface area contributed by atoms with Crippen LogP contribution in [0, 0.1) is 12.7 Å². The molecule has 36 heavy (non-hydrogen) atoms. The maximum Gasteiger partial charge on any atom is 0.295 e. The van der Waals surface area contributed by atoms with Gasteiger partial charge in [0, 0.05) is 53.8 Å². The molecule has 1 aliphatic rings. The Kier molecular flexibility index (Phi) is 6.36. The molecule has 2 heterocycles. The van der Waals surface area contributed by atoms with E-state index in [0.29, 0.717) is 24.2 Å². The number of Topliss-reactive ketones (excluding diaryl/α,β-unsaturated/α-hetero) is 1. The first-order valence-corrected chi connectivity index (χ1v) is 12.1. The lowest BCUT2D eigenvalue weighted by Gasteiger charge is -2.34. The van der Waals surface area contributed by atoms with Gasteiger partial charge in [0.15, 0.2) is 0 Å². The molecule has 1 aliphatic heterocycles. The zero-order valence-electron chi connectivity index (χ0n) is 19.6. The number of piperazine rings is 1. The normalized spacial score (nSPS) is 13.8. The Morgan fingerprint density at radius 3 is 2.28 bits per heavy atom. The Bertz CT molecular complexity index is 1490. The number of nitrogens with one attached hydrogen (secondary N) is 1. The highest BCUT2D eigenvalue weighted by Crippen LogP contribution is 2.35. The molecule has 0 saturated carbocycles. The number of fused-ring (bicyclic) bond motifs is 1. The molecule has 2 amide bonds. The number of carbonyl (C=O) groups is 3. The highest BCUT2D eigenvalue weighted by Gasteiger charge is 2.31. The summed E-state index contributed by atoms with van der Waals surface area (Å²) in [7, 11) is 0. The van der Waals surface area contributed by atoms with Crippen molar-refractivity contribution < 1.29 is 18.8 Å². The standard InChI is InChI=1S/C28H24FN3O3S/c1-17-19(8-5-9-23(17)36)20-10-11-22(29)24-21(16-30-25(20)24)26(33)28(35)32-14-12-31(13-15-32)27(34)18-6-3-2-4-7-18/h2-11,16,30,36H,12-15H2,1H3. The number of rotatable bonds is 4. The first-order chi connectivity index (χ1) is 17.4. The molecule has 4 aromatic rings. The Balaban J connectivity index is 1.38. The van der Waals surface area contributed by atoms with Gasteiger partial charge in [-0.15, -0.1) is 12.6 Å². The minimum atomic E-state index is -0.778. The number of carbonyl (C=O) groups excluding carboxylic acids is 3. The van der Waals surface area contributed by atoms with Gasteiger partial charge >= 0.3 is 0 Å². The van der Waals surface area contributed by atoms with Gasteiger partial charge in [-0.1, -0.05) is 30.3 Å². The van der Waals surface area contributed by atoms with E-state index in [1.807, 2.05) is 31.2 Å². The van der Waals surface area contributed by atoms with Gasteiger partial charge in [0.05, 0.1) is 11.1 Å². The number of thiol groups is 1. The second kappa shape index (κ2) is 9.62. The molecule has 1 aromatic heterocycles. The number of halogens is 1. The SMILES string of the molecule is Cc1c(S)cccc1-c1ccc(F)c2c(C(=O)C(=O)N3CCN(C(=O)c4ccccc4)CC3)c[nH]c12. The monoisotopic (exact) mass is 501 g/mol. The molecule has 5 rings (SSSR count). The molecule has 0 radical (unpaired) electrons. The van der Waals surface area contributed by atoms with Crippen molar-refractivity contribution >= 4 is 41.1 Å². The van der Waals surface area contributed by atoms with Crippen molar-refractivity contribution in [2.24, 2.45) is 0 Å². The van der Waals surface area contributed by atoms with Gasteiger partial charge in [-0.3, -0.25) is 14.4 Å². The fourth-order valence-corrected chi connectivity index (χ4v) is 4.87. The lowest BCUT2D eigenvalue weighted by molar-refractivity contribution is -0.127. The Labute approximate surface area is 213 Å². The number of benzene rings is 3. The van der Waals surface area contributed by atoms with E-state index in [9.17, 15) is 18.8 Å². The number of aromatic amines is 1. The van der Waals surface area contributed by atoms with Crippen molar-refractivity contribution in [3.63, 3.8) is 0 Å². The van der Waals surface area contributed by atoms with E-state index >= 15 is 0 Å². The van der Waals surface area contributed by atoms with Crippen molar-refractivity contribution in [3.8, 4) is 11.1 Å². The van der Waals surface area contributed by atoms with Crippen LogP contribution in [0.1, 0.15) is 26.3 Å². The van der Waals surface area contributed by atoms with Gasteiger partial charge in [0.2, 0.25) is 0 Å². The lowest BCUT2D eigenvalue weighted by Crippen LogP contribution is -2.52. The van der Waals surface area contributed by atoms with Crippen molar-refractivity contribution in [2.75, 3.05) is 26.2 Å². The number of aromatic nitrogens is 1. The predicted octanol–water partition coefficient (Wildman–Crippen LogP) is 4.74. The molecule has 0 unspecified atom stereocenters. The molecule has 3 aromatic carbocycles. The number of amides is 2. The van der Waals surface area contributed by atoms with Crippen LogP contribution < -0.4 is 0 Å². The molecule has 182 valence electrons. The van der Waals surface area contributed by atoms with Gasteiger partial charge in [-0.2, -0.15) is 0 Å². The summed E-state index contributed by atoms with van der Waals surface area (Å²) in [4.78, 5) is 45.9. The van der Waals surface area contributed by atoms with E-state index in [4.69, 9.17) is 0 Å². The average molecular weight is 502 g/mol. The molecule has 0 spiro atoms. The number of ketones is 1. The molecule has 1 saturated heterocycles. The van der Waals surface area contributed by atoms with E-state index in [1.54, 1.807) is 35.2 Å². The fourth-order valence-electron chi connectivity index (χ4n) is 4.66. The molecule has 1 N–H and O–H groups in total. The highest BCUT2D eigenvalue weighted by atomic mass is 32.1. The zero-order chi connectivity index (χ0) is 25.4. The molecule has 1 fully saturated rings. The summed E-state index contributed by atoms with van der Waals surface area (Å²) >= 11 is 4.48. The van der Waals surface area contributed by atoms with Crippen LogP contribution in [-0.2, 0) is 4.79 Å². The van der Waals surface area contributed by atoms with Gasteiger partial charge in [-0.25, -0.2) is 4.39 Å². The van der Waals surface area contributed by atoms with E-state index in [0.717, 1.165) is 21.6 Å². The zero-order valence-corrected chi connectivity index (χ0v) is 20.5. The third-order valence-electron chi connectivity index (χ3n) is 6.69. The second-order valence-electron chi connectivity index (χ2n) is 8.78. The third-order valence-corrected chi connectivity index (χ3v) is 7.18. The largest absolute Gasteiger partial charge is 0.360 e. The quantitative estimate of drug-likeness (QED) is 0.241. The van der Waals surface area contributed by atoms with Crippen LogP contribution in [0.3, 0.4) is 0 Å². The summed E-state index contributed by atoms with van der Waals surface area (Å²) in [5.74, 6) is -2.18. The minimum absolute atomic E-state index is 0.00294. The van der Waals surface area contributed by atoms with Crippen molar-refractivity contribution in [2.45, 2.75) is 11.8 Å². The summed E-state index contributed by atoms with van der Waals surface area (Å²) in [6, 6.07) is 17.5. The molecule has 0 bridgehead atoms. The summed E-state index contributed by atoms with van der Waals surface area (Å²) in [6.07, 6.45) is 1.40. The van der Waals surface area contributed by atoms with Gasteiger partial charge in [-0.05, 0) is 48.4 Å². The van der Waals surface area contributed by atoms with Crippen molar-refractivity contribution in [1.29, 1.82) is 0 Å². The summed E-state index contributed by atoms with van der Waals surface area (Å²) < 4.78 is 15.0. The smallest absolute Gasteiger partial charge is 0.295 e. The first-order valence-electron chi connectivity index (χ1n) is 11.6. The van der Waals surface area contributed by atoms with Crippen LogP contribution in [-0.4, -0.2) is 58.6 Å². The number of hydrogen-bond acceptors (Lipinski definition) is 4. The topological polar surface area (TPSA) is 73.5 Å². The van der Waals surface area contributed by atoms with Crippen LogP contribution in [0.5, 0.6) is 0 Å². The van der Waals surface area contributed by atoms with Gasteiger partial charge in [0.1, 0.15) is 5.82 Å². The maximum absolute atomic E-state index is 15.0. The Hall–Kier alpha value is -3.91. The maximum atomic E-state index is 15.0. The number of nitrogens with zero attached hydrogens (tertiary/aromatic N) is 2. The Morgan fingerprint density at radius 2 is 1.56 bits per heavy atom. The second-order valence-corrected chi connectivity index (χ2v) is 9.26. The minimum Gasteiger partial charge on any atom is -0.360 e. The lowest BCUT2D eigenvalue weighted by atomic mass is 9.97. The number of H-pyrrole nitrogens is 1. The molecule has 8 heteroatoms. The number of hydrogen-bond donors (Lipinski definition) is 2. The fraction of sp³-hybridized carbons (Fsp3) is 0.179. The molecule has 0 aliphatic carbocycles.